The van der Waals surface area contributed by atoms with Gasteiger partial charge in [-0.3, -0.25) is 18.7 Å². The summed E-state index contributed by atoms with van der Waals surface area (Å²) in [7, 11) is 0. The van der Waals surface area contributed by atoms with Crippen molar-refractivity contribution >= 4 is 16.7 Å². The number of nitrogens with zero attached hydrogens (tertiary/aromatic N) is 2. The molecule has 2 atom stereocenters. The van der Waals surface area contributed by atoms with Gasteiger partial charge in [-0.2, -0.15) is 0 Å². The number of ketones is 1. The molecular formula is C26H22N2O4. The normalized spacial score (nSPS) is 17.4. The lowest BCUT2D eigenvalue weighted by Gasteiger charge is -2.14. The molecule has 1 heterocycles. The average Bonchev–Trinajstić information content (AvgIpc) is 3.63. The van der Waals surface area contributed by atoms with Gasteiger partial charge in [0.25, 0.3) is 5.56 Å². The van der Waals surface area contributed by atoms with Crippen LogP contribution in [0.2, 0.25) is 0 Å². The minimum atomic E-state index is -0.543. The number of aromatic nitrogens is 2. The zero-order valence-electron chi connectivity index (χ0n) is 17.3. The number of fused-ring (bicyclic) bond motifs is 1. The summed E-state index contributed by atoms with van der Waals surface area (Å²) in [6.07, 6.45) is 0.759. The Kier molecular flexibility index (Phi) is 5.07. The van der Waals surface area contributed by atoms with E-state index in [-0.39, 0.29) is 35.5 Å². The summed E-state index contributed by atoms with van der Waals surface area (Å²) in [5, 5.41) is 9.55. The van der Waals surface area contributed by atoms with Crippen LogP contribution in [0.4, 0.5) is 0 Å². The van der Waals surface area contributed by atoms with Crippen molar-refractivity contribution in [2.75, 3.05) is 6.61 Å². The molecule has 1 aliphatic carbocycles. The van der Waals surface area contributed by atoms with E-state index < -0.39 is 6.61 Å². The maximum Gasteiger partial charge on any atom is 0.332 e. The molecule has 160 valence electrons. The Morgan fingerprint density at radius 3 is 2.31 bits per heavy atom. The summed E-state index contributed by atoms with van der Waals surface area (Å²) in [4.78, 5) is 38.5. The Morgan fingerprint density at radius 1 is 0.906 bits per heavy atom. The third kappa shape index (κ3) is 3.48. The maximum absolute atomic E-state index is 13.5. The molecule has 6 heteroatoms. The van der Waals surface area contributed by atoms with E-state index in [9.17, 15) is 14.4 Å². The lowest BCUT2D eigenvalue weighted by atomic mass is 10.1. The first kappa shape index (κ1) is 20.2. The number of aliphatic hydroxyl groups excluding tert-OH is 1. The highest BCUT2D eigenvalue weighted by Gasteiger charge is 2.42. The van der Waals surface area contributed by atoms with E-state index in [2.05, 4.69) is 0 Å². The number of benzene rings is 3. The van der Waals surface area contributed by atoms with Gasteiger partial charge in [0.1, 0.15) is 6.61 Å². The Labute approximate surface area is 184 Å². The Morgan fingerprint density at radius 2 is 1.59 bits per heavy atom. The van der Waals surface area contributed by atoms with E-state index in [1.165, 1.54) is 4.57 Å². The highest BCUT2D eigenvalue weighted by molar-refractivity contribution is 5.96. The van der Waals surface area contributed by atoms with Crippen LogP contribution in [-0.4, -0.2) is 26.6 Å². The lowest BCUT2D eigenvalue weighted by Crippen LogP contribution is -2.40. The standard InChI is InChI=1S/C26H22N2O4/c29-16-24(30)19-12-10-17(11-13-19)15-27-22-9-5-4-8-20(22)25(31)28(26(27)32)23-14-21(23)18-6-2-1-3-7-18/h1-13,21,23,29H,14-16H2. The Hall–Kier alpha value is -3.77. The van der Waals surface area contributed by atoms with Crippen molar-refractivity contribution in [1.82, 2.24) is 9.13 Å². The van der Waals surface area contributed by atoms with Gasteiger partial charge in [-0.25, -0.2) is 4.79 Å². The van der Waals surface area contributed by atoms with Crippen molar-refractivity contribution in [3.05, 3.63) is 116 Å². The van der Waals surface area contributed by atoms with Crippen LogP contribution in [0, 0.1) is 0 Å². The summed E-state index contributed by atoms with van der Waals surface area (Å²) < 4.78 is 3.03. The van der Waals surface area contributed by atoms with Gasteiger partial charge >= 0.3 is 5.69 Å². The number of hydrogen-bond donors (Lipinski definition) is 1. The van der Waals surface area contributed by atoms with Gasteiger partial charge in [-0.05, 0) is 29.7 Å². The van der Waals surface area contributed by atoms with Gasteiger partial charge in [0.05, 0.1) is 17.4 Å². The molecule has 0 aliphatic heterocycles. The zero-order valence-corrected chi connectivity index (χ0v) is 17.3. The summed E-state index contributed by atoms with van der Waals surface area (Å²) in [6.45, 7) is -0.270. The molecular weight excluding hydrogens is 404 g/mol. The molecule has 0 bridgehead atoms. The topological polar surface area (TPSA) is 81.3 Å². The molecule has 6 nitrogen and oxygen atoms in total. The molecule has 2 unspecified atom stereocenters. The van der Waals surface area contributed by atoms with Crippen LogP contribution in [0.5, 0.6) is 0 Å². The average molecular weight is 426 g/mol. The molecule has 1 saturated carbocycles. The van der Waals surface area contributed by atoms with E-state index in [1.54, 1.807) is 47.0 Å². The number of aliphatic hydroxyl groups is 1. The molecule has 1 aromatic heterocycles. The van der Waals surface area contributed by atoms with Crippen LogP contribution < -0.4 is 11.2 Å². The first-order valence-electron chi connectivity index (χ1n) is 10.6. The van der Waals surface area contributed by atoms with E-state index >= 15 is 0 Å². The lowest BCUT2D eigenvalue weighted by molar-refractivity contribution is 0.0903. The maximum atomic E-state index is 13.5. The number of para-hydroxylation sites is 1. The predicted octanol–water partition coefficient (Wildman–Crippen LogP) is 3.12. The molecule has 0 amide bonds. The van der Waals surface area contributed by atoms with E-state index in [4.69, 9.17) is 5.11 Å². The fourth-order valence-electron chi connectivity index (χ4n) is 4.38. The van der Waals surface area contributed by atoms with Crippen LogP contribution in [0.1, 0.15) is 39.9 Å². The fourth-order valence-corrected chi connectivity index (χ4v) is 4.38. The Bertz CT molecular complexity index is 1420. The molecule has 0 radical (unpaired) electrons. The van der Waals surface area contributed by atoms with Crippen LogP contribution >= 0.6 is 0 Å². The van der Waals surface area contributed by atoms with E-state index in [0.29, 0.717) is 16.5 Å². The van der Waals surface area contributed by atoms with E-state index in [1.807, 2.05) is 36.4 Å². The second-order valence-electron chi connectivity index (χ2n) is 8.16. The van der Waals surface area contributed by atoms with Crippen molar-refractivity contribution < 1.29 is 9.90 Å². The molecule has 1 N–H and O–H groups in total. The predicted molar refractivity (Wildman–Crippen MR) is 122 cm³/mol. The summed E-state index contributed by atoms with van der Waals surface area (Å²) >= 11 is 0. The third-order valence-electron chi connectivity index (χ3n) is 6.16. The molecule has 0 saturated heterocycles. The summed E-state index contributed by atoms with van der Waals surface area (Å²) in [5.74, 6) is -0.201. The van der Waals surface area contributed by atoms with Crippen molar-refractivity contribution in [2.24, 2.45) is 0 Å². The number of rotatable bonds is 6. The third-order valence-corrected chi connectivity index (χ3v) is 6.16. The van der Waals surface area contributed by atoms with Gasteiger partial charge < -0.3 is 5.11 Å². The highest BCUT2D eigenvalue weighted by atomic mass is 16.3. The SMILES string of the molecule is O=C(CO)c1ccc(Cn2c(=O)n(C3CC3c3ccccc3)c(=O)c3ccccc32)cc1. The number of Topliss-reactive ketones (excluding diaryl/α,β-unsaturated/α-hetero) is 1. The highest BCUT2D eigenvalue weighted by Crippen LogP contribution is 2.50. The second kappa shape index (κ2) is 8.05. The molecule has 1 fully saturated rings. The largest absolute Gasteiger partial charge is 0.388 e. The van der Waals surface area contributed by atoms with Crippen LogP contribution in [0.25, 0.3) is 10.9 Å². The number of hydrogen-bond acceptors (Lipinski definition) is 4. The van der Waals surface area contributed by atoms with Gasteiger partial charge in [-0.1, -0.05) is 66.7 Å². The van der Waals surface area contributed by atoms with Crippen molar-refractivity contribution in [3.63, 3.8) is 0 Å². The molecule has 5 rings (SSSR count). The van der Waals surface area contributed by atoms with E-state index in [0.717, 1.165) is 17.5 Å². The van der Waals surface area contributed by atoms with Gasteiger partial charge in [0.15, 0.2) is 5.78 Å². The number of carbonyl (C=O) groups is 1. The minimum Gasteiger partial charge on any atom is -0.388 e. The van der Waals surface area contributed by atoms with Crippen molar-refractivity contribution in [2.45, 2.75) is 24.9 Å². The van der Waals surface area contributed by atoms with Gasteiger partial charge in [-0.15, -0.1) is 0 Å². The second-order valence-corrected chi connectivity index (χ2v) is 8.16. The van der Waals surface area contributed by atoms with Crippen LogP contribution in [-0.2, 0) is 6.54 Å². The summed E-state index contributed by atoms with van der Waals surface area (Å²) in [5.41, 5.74) is 2.38. The fraction of sp³-hybridized carbons (Fsp3) is 0.192. The monoisotopic (exact) mass is 426 g/mol. The van der Waals surface area contributed by atoms with Gasteiger partial charge in [0, 0.05) is 17.5 Å². The zero-order chi connectivity index (χ0) is 22.2. The molecule has 32 heavy (non-hydrogen) atoms. The summed E-state index contributed by atoms with van der Waals surface area (Å²) in [6, 6.07) is 23.8. The van der Waals surface area contributed by atoms with Crippen LogP contribution in [0.15, 0.2) is 88.5 Å². The van der Waals surface area contributed by atoms with Gasteiger partial charge in [0.2, 0.25) is 0 Å². The number of carbonyl (C=O) groups excluding carboxylic acids is 1. The van der Waals surface area contributed by atoms with Crippen molar-refractivity contribution in [3.8, 4) is 0 Å². The van der Waals surface area contributed by atoms with Crippen molar-refractivity contribution in [1.29, 1.82) is 0 Å². The molecule has 0 spiro atoms. The molecule has 3 aromatic carbocycles. The first-order valence-corrected chi connectivity index (χ1v) is 10.6. The minimum absolute atomic E-state index is 0.153. The quantitative estimate of drug-likeness (QED) is 0.481. The van der Waals surface area contributed by atoms with Crippen LogP contribution in [0.3, 0.4) is 0 Å². The molecule has 4 aromatic rings. The Balaban J connectivity index is 1.58. The first-order chi connectivity index (χ1) is 15.6. The smallest absolute Gasteiger partial charge is 0.332 e. The molecule has 1 aliphatic rings.